The predicted octanol–water partition coefficient (Wildman–Crippen LogP) is 4.72. The molecular weight excluding hydrogens is 404 g/mol. The maximum Gasteiger partial charge on any atom is 0.240 e. The van der Waals surface area contributed by atoms with Gasteiger partial charge in [-0.25, -0.2) is 10.4 Å². The lowest BCUT2D eigenvalue weighted by Gasteiger charge is -2.21. The topological polar surface area (TPSA) is 89.6 Å². The van der Waals surface area contributed by atoms with Gasteiger partial charge in [0.1, 0.15) is 17.9 Å². The molecule has 1 aliphatic rings. The van der Waals surface area contributed by atoms with Crippen LogP contribution in [0.2, 0.25) is 0 Å². The number of hydrogen-bond donors (Lipinski definition) is 1. The van der Waals surface area contributed by atoms with Crippen LogP contribution in [0.3, 0.4) is 0 Å². The zero-order valence-electron chi connectivity index (χ0n) is 17.6. The summed E-state index contributed by atoms with van der Waals surface area (Å²) >= 11 is 0. The smallest absolute Gasteiger partial charge is 0.240 e. The summed E-state index contributed by atoms with van der Waals surface area (Å²) in [6.45, 7) is 2.52. The molecule has 32 heavy (non-hydrogen) atoms. The Bertz CT molecular complexity index is 1280. The van der Waals surface area contributed by atoms with Gasteiger partial charge in [-0.3, -0.25) is 9.78 Å². The molecule has 2 aromatic carbocycles. The molecule has 4 aromatic rings. The first-order valence-electron chi connectivity index (χ1n) is 10.6. The Morgan fingerprint density at radius 1 is 1.12 bits per heavy atom. The molecule has 0 spiro atoms. The third-order valence-corrected chi connectivity index (χ3v) is 5.53. The van der Waals surface area contributed by atoms with Crippen molar-refractivity contribution >= 4 is 22.7 Å². The average Bonchev–Trinajstić information content (AvgIpc) is 3.27. The van der Waals surface area contributed by atoms with Crippen molar-refractivity contribution < 1.29 is 13.9 Å². The lowest BCUT2D eigenvalue weighted by atomic mass is 9.90. The van der Waals surface area contributed by atoms with Crippen LogP contribution in [0.4, 0.5) is 0 Å². The van der Waals surface area contributed by atoms with Crippen molar-refractivity contribution in [1.29, 1.82) is 0 Å². The third kappa shape index (κ3) is 4.09. The minimum absolute atomic E-state index is 0.0449. The van der Waals surface area contributed by atoms with Gasteiger partial charge in [0.2, 0.25) is 11.8 Å². The molecule has 1 aliphatic heterocycles. The number of pyridine rings is 1. The van der Waals surface area contributed by atoms with Gasteiger partial charge in [-0.05, 0) is 48.9 Å². The summed E-state index contributed by atoms with van der Waals surface area (Å²) in [5, 5.41) is 4.29. The number of nitrogens with zero attached hydrogens (tertiary/aromatic N) is 3. The van der Waals surface area contributed by atoms with Gasteiger partial charge in [0.25, 0.3) is 0 Å². The van der Waals surface area contributed by atoms with Crippen LogP contribution in [0.1, 0.15) is 30.9 Å². The summed E-state index contributed by atoms with van der Waals surface area (Å²) in [4.78, 5) is 20.4. The molecular formula is C25H22N4O3. The van der Waals surface area contributed by atoms with Crippen molar-refractivity contribution in [1.82, 2.24) is 15.4 Å². The number of benzene rings is 2. The highest BCUT2D eigenvalue weighted by Crippen LogP contribution is 2.28. The Kier molecular flexibility index (Phi) is 5.37. The van der Waals surface area contributed by atoms with Crippen LogP contribution < -0.4 is 10.2 Å². The molecule has 0 saturated carbocycles. The van der Waals surface area contributed by atoms with Crippen molar-refractivity contribution in [3.05, 3.63) is 78.1 Å². The number of ether oxygens (including phenoxy) is 1. The summed E-state index contributed by atoms with van der Waals surface area (Å²) in [6.07, 6.45) is 4.83. The van der Waals surface area contributed by atoms with Gasteiger partial charge in [-0.2, -0.15) is 5.10 Å². The first kappa shape index (κ1) is 19.9. The highest BCUT2D eigenvalue weighted by molar-refractivity contribution is 6.07. The second-order valence-electron chi connectivity index (χ2n) is 7.72. The van der Waals surface area contributed by atoms with E-state index in [2.05, 4.69) is 27.4 Å². The number of hydrogen-bond acceptors (Lipinski definition) is 6. The van der Waals surface area contributed by atoms with Crippen LogP contribution in [0.15, 0.2) is 76.5 Å². The fourth-order valence-corrected chi connectivity index (χ4v) is 3.77. The maximum absolute atomic E-state index is 11.7. The minimum atomic E-state index is -0.0449. The minimum Gasteiger partial charge on any atom is -0.489 e. The van der Waals surface area contributed by atoms with Crippen LogP contribution in [-0.2, 0) is 11.4 Å². The van der Waals surface area contributed by atoms with E-state index in [4.69, 9.17) is 9.15 Å². The zero-order valence-corrected chi connectivity index (χ0v) is 17.6. The number of carbonyl (C=O) groups excluding carboxylic acids is 1. The van der Waals surface area contributed by atoms with Gasteiger partial charge in [-0.15, -0.1) is 0 Å². The van der Waals surface area contributed by atoms with E-state index in [9.17, 15) is 4.79 Å². The quantitative estimate of drug-likeness (QED) is 0.482. The largest absolute Gasteiger partial charge is 0.489 e. The number of hydrazone groups is 1. The average molecular weight is 426 g/mol. The number of amides is 1. The van der Waals surface area contributed by atoms with Crippen molar-refractivity contribution in [2.75, 3.05) is 0 Å². The Balaban J connectivity index is 1.35. The van der Waals surface area contributed by atoms with Crippen molar-refractivity contribution in [3.8, 4) is 17.2 Å². The Hall–Kier alpha value is -4.00. The maximum atomic E-state index is 11.7. The first-order valence-corrected chi connectivity index (χ1v) is 10.6. The van der Waals surface area contributed by atoms with E-state index in [0.29, 0.717) is 24.5 Å². The summed E-state index contributed by atoms with van der Waals surface area (Å²) in [6, 6.07) is 17.4. The number of aromatic nitrogens is 2. The van der Waals surface area contributed by atoms with Gasteiger partial charge in [0.05, 0.1) is 5.71 Å². The summed E-state index contributed by atoms with van der Waals surface area (Å²) in [5.74, 6) is 1.36. The van der Waals surface area contributed by atoms with Crippen molar-refractivity contribution in [2.24, 2.45) is 11.0 Å². The van der Waals surface area contributed by atoms with E-state index in [-0.39, 0.29) is 11.8 Å². The highest BCUT2D eigenvalue weighted by atomic mass is 16.5. The van der Waals surface area contributed by atoms with Crippen LogP contribution >= 0.6 is 0 Å². The molecule has 7 heteroatoms. The number of oxazole rings is 1. The molecule has 5 rings (SSSR count). The van der Waals surface area contributed by atoms with E-state index < -0.39 is 0 Å². The number of nitrogens with one attached hydrogen (secondary N) is 1. The van der Waals surface area contributed by atoms with Crippen molar-refractivity contribution in [3.63, 3.8) is 0 Å². The molecule has 1 atom stereocenters. The fraction of sp³-hybridized carbons (Fsp3) is 0.200. The lowest BCUT2D eigenvalue weighted by Crippen LogP contribution is -2.33. The monoisotopic (exact) mass is 426 g/mol. The number of rotatable bonds is 6. The van der Waals surface area contributed by atoms with Crippen molar-refractivity contribution in [2.45, 2.75) is 26.4 Å². The molecule has 0 aliphatic carbocycles. The van der Waals surface area contributed by atoms with Gasteiger partial charge in [-0.1, -0.05) is 19.1 Å². The Morgan fingerprint density at radius 3 is 2.75 bits per heavy atom. The molecule has 0 radical (unpaired) electrons. The first-order chi connectivity index (χ1) is 15.7. The molecule has 7 nitrogen and oxygen atoms in total. The summed E-state index contributed by atoms with van der Waals surface area (Å²) in [7, 11) is 0. The van der Waals surface area contributed by atoms with Crippen LogP contribution in [0.5, 0.6) is 5.75 Å². The summed E-state index contributed by atoms with van der Waals surface area (Å²) < 4.78 is 11.9. The van der Waals surface area contributed by atoms with Gasteiger partial charge >= 0.3 is 0 Å². The lowest BCUT2D eigenvalue weighted by molar-refractivity contribution is -0.122. The molecule has 0 saturated heterocycles. The molecule has 0 fully saturated rings. The normalized spacial score (nSPS) is 16.0. The molecule has 1 unspecified atom stereocenters. The van der Waals surface area contributed by atoms with Gasteiger partial charge in [0.15, 0.2) is 5.58 Å². The molecule has 2 aromatic heterocycles. The summed E-state index contributed by atoms with van der Waals surface area (Å²) in [5.41, 5.74) is 7.74. The van der Waals surface area contributed by atoms with Crippen LogP contribution in [-0.4, -0.2) is 21.6 Å². The van der Waals surface area contributed by atoms with E-state index in [1.54, 1.807) is 12.4 Å². The predicted molar refractivity (Wildman–Crippen MR) is 121 cm³/mol. The number of carbonyl (C=O) groups is 1. The molecule has 1 amide bonds. The Morgan fingerprint density at radius 2 is 1.97 bits per heavy atom. The molecule has 3 heterocycles. The molecule has 1 N–H and O–H groups in total. The van der Waals surface area contributed by atoms with Crippen LogP contribution in [0.25, 0.3) is 22.6 Å². The highest BCUT2D eigenvalue weighted by Gasteiger charge is 2.24. The second-order valence-corrected chi connectivity index (χ2v) is 7.72. The van der Waals surface area contributed by atoms with Gasteiger partial charge in [0, 0.05) is 41.4 Å². The SMILES string of the molecule is CCC1CC(=O)NN=C1c1ccc2nc(-c3ccc(OCc4cccnc4)cc3)oc2c1. The van der Waals surface area contributed by atoms with Gasteiger partial charge < -0.3 is 9.15 Å². The number of fused-ring (bicyclic) bond motifs is 1. The zero-order chi connectivity index (χ0) is 21.9. The van der Waals surface area contributed by atoms with Crippen LogP contribution in [0, 0.1) is 5.92 Å². The molecule has 0 bridgehead atoms. The van der Waals surface area contributed by atoms with E-state index in [1.165, 1.54) is 0 Å². The standard InChI is InChI=1S/C25H22N4O3/c1-2-17-13-23(30)28-29-24(17)19-7-10-21-22(12-19)32-25(27-21)18-5-8-20(9-6-18)31-15-16-4-3-11-26-14-16/h3-12,14,17H,2,13,15H2,1H3,(H,28,30). The Labute approximate surface area is 185 Å². The second kappa shape index (κ2) is 8.63. The third-order valence-electron chi connectivity index (χ3n) is 5.53. The molecule has 160 valence electrons. The van der Waals surface area contributed by atoms with E-state index in [0.717, 1.165) is 40.1 Å². The van der Waals surface area contributed by atoms with E-state index in [1.807, 2.05) is 54.6 Å². The van der Waals surface area contributed by atoms with E-state index >= 15 is 0 Å². The fourth-order valence-electron chi connectivity index (χ4n) is 3.77.